The lowest BCUT2D eigenvalue weighted by atomic mass is 10.0. The van der Waals surface area contributed by atoms with Crippen LogP contribution in [0.3, 0.4) is 0 Å². The number of carbonyl (C=O) groups excluding carboxylic acids is 3. The van der Waals surface area contributed by atoms with Gasteiger partial charge in [0.2, 0.25) is 0 Å². The molecule has 1 aromatic rings. The minimum atomic E-state index is -1.15. The summed E-state index contributed by atoms with van der Waals surface area (Å²) in [7, 11) is 0. The first kappa shape index (κ1) is 36.5. The van der Waals surface area contributed by atoms with Crippen molar-refractivity contribution in [1.29, 1.82) is 0 Å². The molecule has 1 rings (SSSR count). The fraction of sp³-hybridized carbons (Fsp3) is 0.667. The van der Waals surface area contributed by atoms with Crippen LogP contribution in [0.15, 0.2) is 18.2 Å². The van der Waals surface area contributed by atoms with Gasteiger partial charge in [0, 0.05) is 6.54 Å². The van der Waals surface area contributed by atoms with Crippen LogP contribution in [-0.4, -0.2) is 67.6 Å². The first-order chi connectivity index (χ1) is 19.8. The molecule has 0 amide bonds. The maximum Gasteiger partial charge on any atom is 0.513 e. The minimum absolute atomic E-state index is 0.0299. The largest absolute Gasteiger partial charge is 0.513 e. The van der Waals surface area contributed by atoms with Gasteiger partial charge < -0.3 is 38.8 Å². The van der Waals surface area contributed by atoms with Crippen LogP contribution in [-0.2, 0) is 30.2 Å². The third kappa shape index (κ3) is 16.0. The first-order valence-corrected chi connectivity index (χ1v) is 14.5. The van der Waals surface area contributed by atoms with Crippen molar-refractivity contribution in [3.8, 4) is 11.5 Å². The maximum absolute atomic E-state index is 12.3. The van der Waals surface area contributed by atoms with Crippen molar-refractivity contribution in [2.45, 2.75) is 98.8 Å². The zero-order valence-electron chi connectivity index (χ0n) is 25.8. The molecule has 0 spiro atoms. The van der Waals surface area contributed by atoms with Crippen LogP contribution in [0.1, 0.15) is 79.7 Å². The number of carboxylic acid groups (broad SMARTS) is 1. The molecule has 0 heterocycles. The third-order valence-electron chi connectivity index (χ3n) is 5.90. The Morgan fingerprint density at radius 1 is 0.762 bits per heavy atom. The predicted octanol–water partition coefficient (Wildman–Crippen LogP) is 6.13. The third-order valence-corrected chi connectivity index (χ3v) is 5.90. The number of nitrogens with one attached hydrogen (secondary N) is 1. The van der Waals surface area contributed by atoms with E-state index in [1.54, 1.807) is 13.8 Å². The second kappa shape index (κ2) is 19.6. The average molecular weight is 598 g/mol. The van der Waals surface area contributed by atoms with Crippen LogP contribution in [0.4, 0.5) is 14.4 Å². The summed E-state index contributed by atoms with van der Waals surface area (Å²) >= 11 is 0. The molecule has 2 N–H and O–H groups in total. The molecule has 0 aromatic heterocycles. The highest BCUT2D eigenvalue weighted by atomic mass is 16.7. The van der Waals surface area contributed by atoms with Crippen LogP contribution >= 0.6 is 0 Å². The highest BCUT2D eigenvalue weighted by Crippen LogP contribution is 2.30. The molecule has 0 saturated carbocycles. The van der Waals surface area contributed by atoms with Crippen LogP contribution in [0.2, 0.25) is 0 Å². The van der Waals surface area contributed by atoms with Crippen LogP contribution in [0.5, 0.6) is 11.5 Å². The molecule has 2 unspecified atom stereocenters. The number of benzene rings is 1. The Morgan fingerprint density at radius 3 is 1.83 bits per heavy atom. The fourth-order valence-corrected chi connectivity index (χ4v) is 3.49. The van der Waals surface area contributed by atoms with E-state index < -0.39 is 36.6 Å². The number of carbonyl (C=O) groups is 4. The topological polar surface area (TPSA) is 156 Å². The van der Waals surface area contributed by atoms with Crippen molar-refractivity contribution < 1.29 is 52.7 Å². The van der Waals surface area contributed by atoms with Gasteiger partial charge in [0.25, 0.3) is 0 Å². The molecule has 238 valence electrons. The van der Waals surface area contributed by atoms with Gasteiger partial charge >= 0.3 is 24.4 Å². The van der Waals surface area contributed by atoms with E-state index in [4.69, 9.17) is 28.4 Å². The molecule has 0 saturated heterocycles. The molecule has 0 aliphatic rings. The molecule has 0 aliphatic heterocycles. The highest BCUT2D eigenvalue weighted by molar-refractivity contribution is 5.74. The predicted molar refractivity (Wildman–Crippen MR) is 154 cm³/mol. The summed E-state index contributed by atoms with van der Waals surface area (Å²) in [5.41, 5.74) is 0.460. The van der Waals surface area contributed by atoms with Gasteiger partial charge in [-0.15, -0.1) is 0 Å². The van der Waals surface area contributed by atoms with Crippen molar-refractivity contribution in [2.75, 3.05) is 19.8 Å². The number of hydrogen-bond donors (Lipinski definition) is 2. The maximum atomic E-state index is 12.3. The lowest BCUT2D eigenvalue weighted by molar-refractivity contribution is -0.139. The number of hydrogen-bond acceptors (Lipinski definition) is 11. The van der Waals surface area contributed by atoms with E-state index in [1.165, 1.54) is 18.2 Å². The average Bonchev–Trinajstić information content (AvgIpc) is 2.87. The zero-order valence-corrected chi connectivity index (χ0v) is 25.8. The van der Waals surface area contributed by atoms with Gasteiger partial charge in [-0.2, -0.15) is 0 Å². The minimum Gasteiger partial charge on any atom is -0.480 e. The van der Waals surface area contributed by atoms with Crippen molar-refractivity contribution in [2.24, 2.45) is 11.8 Å². The van der Waals surface area contributed by atoms with E-state index in [0.29, 0.717) is 36.7 Å². The number of carboxylic acids is 1. The SMILES string of the molecule is CCCC(C)OC(=O)OC(C)CN[C@@H](Cc1ccc(OC(=O)OCCC(C)C)c(OC(=O)OCCC(C)C)c1)C(=O)O. The Hall–Kier alpha value is -3.54. The van der Waals surface area contributed by atoms with Crippen molar-refractivity contribution in [1.82, 2.24) is 5.32 Å². The fourth-order valence-electron chi connectivity index (χ4n) is 3.49. The van der Waals surface area contributed by atoms with E-state index in [0.717, 1.165) is 6.42 Å². The Balaban J connectivity index is 2.94. The van der Waals surface area contributed by atoms with Crippen molar-refractivity contribution >= 4 is 24.4 Å². The molecular formula is C30H47NO11. The summed E-state index contributed by atoms with van der Waals surface area (Å²) in [5.74, 6) is -0.736. The van der Waals surface area contributed by atoms with Gasteiger partial charge in [0.05, 0.1) is 13.2 Å². The summed E-state index contributed by atoms with van der Waals surface area (Å²) in [6.45, 7) is 13.6. The molecule has 0 bridgehead atoms. The second-order valence-corrected chi connectivity index (χ2v) is 10.9. The molecule has 1 aromatic carbocycles. The monoisotopic (exact) mass is 597 g/mol. The lowest BCUT2D eigenvalue weighted by Crippen LogP contribution is -2.42. The molecular weight excluding hydrogens is 550 g/mol. The van der Waals surface area contributed by atoms with Gasteiger partial charge in [-0.25, -0.2) is 14.4 Å². The van der Waals surface area contributed by atoms with Crippen LogP contribution < -0.4 is 14.8 Å². The van der Waals surface area contributed by atoms with Crippen LogP contribution in [0.25, 0.3) is 0 Å². The highest BCUT2D eigenvalue weighted by Gasteiger charge is 2.23. The summed E-state index contributed by atoms with van der Waals surface area (Å²) in [4.78, 5) is 48.4. The van der Waals surface area contributed by atoms with Gasteiger partial charge in [0.15, 0.2) is 11.5 Å². The van der Waals surface area contributed by atoms with E-state index in [-0.39, 0.29) is 43.8 Å². The van der Waals surface area contributed by atoms with E-state index >= 15 is 0 Å². The Bertz CT molecular complexity index is 995. The summed E-state index contributed by atoms with van der Waals surface area (Å²) in [5, 5.41) is 12.6. The molecule has 0 radical (unpaired) electrons. The molecule has 3 atom stereocenters. The summed E-state index contributed by atoms with van der Waals surface area (Å²) < 4.78 is 31.1. The number of rotatable bonds is 18. The lowest BCUT2D eigenvalue weighted by Gasteiger charge is -2.20. The molecule has 12 heteroatoms. The standard InChI is InChI=1S/C30H47NO11/c1-8-9-21(6)39-30(36)40-22(7)18-31-24(27(32)33)16-23-10-11-25(41-28(34)37-14-12-19(2)3)26(17-23)42-29(35)38-15-13-20(4)5/h10-11,17,19-22,24,31H,8-9,12-16,18H2,1-7H3,(H,32,33)/t21?,22?,24-/m0/s1. The number of ether oxygens (including phenoxy) is 6. The van der Waals surface area contributed by atoms with Gasteiger partial charge in [-0.1, -0.05) is 47.1 Å². The number of aliphatic carboxylic acids is 1. The van der Waals surface area contributed by atoms with Crippen molar-refractivity contribution in [3.05, 3.63) is 23.8 Å². The summed E-state index contributed by atoms with van der Waals surface area (Å²) in [6, 6.07) is 3.24. The Kier molecular flexibility index (Phi) is 17.0. The zero-order chi connectivity index (χ0) is 31.7. The Labute approximate surface area is 248 Å². The van der Waals surface area contributed by atoms with Gasteiger partial charge in [-0.3, -0.25) is 4.79 Å². The molecule has 0 fully saturated rings. The van der Waals surface area contributed by atoms with E-state index in [1.807, 2.05) is 34.6 Å². The normalized spacial score (nSPS) is 13.2. The van der Waals surface area contributed by atoms with Gasteiger partial charge in [-0.05, 0) is 69.1 Å². The quantitative estimate of drug-likeness (QED) is 0.114. The van der Waals surface area contributed by atoms with Crippen LogP contribution in [0, 0.1) is 11.8 Å². The molecule has 42 heavy (non-hydrogen) atoms. The van der Waals surface area contributed by atoms with E-state index in [9.17, 15) is 24.3 Å². The first-order valence-electron chi connectivity index (χ1n) is 14.5. The Morgan fingerprint density at radius 2 is 1.31 bits per heavy atom. The smallest absolute Gasteiger partial charge is 0.480 e. The molecule has 12 nitrogen and oxygen atoms in total. The molecule has 0 aliphatic carbocycles. The van der Waals surface area contributed by atoms with E-state index in [2.05, 4.69) is 5.32 Å². The summed E-state index contributed by atoms with van der Waals surface area (Å²) in [6.07, 6.45) is -0.933. The van der Waals surface area contributed by atoms with Gasteiger partial charge in [0.1, 0.15) is 18.2 Å². The van der Waals surface area contributed by atoms with Crippen molar-refractivity contribution in [3.63, 3.8) is 0 Å². The second-order valence-electron chi connectivity index (χ2n) is 10.9.